The summed E-state index contributed by atoms with van der Waals surface area (Å²) in [7, 11) is 0. The van der Waals surface area contributed by atoms with Gasteiger partial charge in [-0.15, -0.1) is 0 Å². The molecule has 1 N–H and O–H groups in total. The predicted octanol–water partition coefficient (Wildman–Crippen LogP) is 4.12. The van der Waals surface area contributed by atoms with Crippen LogP contribution in [0.5, 0.6) is 0 Å². The van der Waals surface area contributed by atoms with E-state index in [-0.39, 0.29) is 0 Å². The molecule has 0 unspecified atom stereocenters. The van der Waals surface area contributed by atoms with E-state index in [4.69, 9.17) is 9.97 Å². The lowest BCUT2D eigenvalue weighted by Gasteiger charge is -2.10. The predicted molar refractivity (Wildman–Crippen MR) is 86.2 cm³/mol. The molecule has 2 aromatic carbocycles. The minimum atomic E-state index is 0.785. The van der Waals surface area contributed by atoms with Crippen LogP contribution in [0.1, 0.15) is 12.8 Å². The Morgan fingerprint density at radius 1 is 0.905 bits per heavy atom. The van der Waals surface area contributed by atoms with Gasteiger partial charge >= 0.3 is 0 Å². The molecule has 0 spiro atoms. The van der Waals surface area contributed by atoms with Gasteiger partial charge in [0.2, 0.25) is 0 Å². The third-order valence-electron chi connectivity index (χ3n) is 3.89. The number of nitrogens with zero attached hydrogens (tertiary/aromatic N) is 2. The molecular weight excluding hydrogens is 258 g/mol. The Bertz CT molecular complexity index is 764. The Morgan fingerprint density at radius 3 is 2.48 bits per heavy atom. The zero-order valence-electron chi connectivity index (χ0n) is 11.8. The number of aromatic nitrogens is 2. The number of fused-ring (bicyclic) bond motifs is 1. The summed E-state index contributed by atoms with van der Waals surface area (Å²) >= 11 is 0. The lowest BCUT2D eigenvalue weighted by Crippen LogP contribution is -2.07. The van der Waals surface area contributed by atoms with Gasteiger partial charge in [-0.25, -0.2) is 9.97 Å². The van der Waals surface area contributed by atoms with Crippen molar-refractivity contribution in [3.05, 3.63) is 54.6 Å². The smallest absolute Gasteiger partial charge is 0.162 e. The maximum Gasteiger partial charge on any atom is 0.162 e. The van der Waals surface area contributed by atoms with Gasteiger partial charge in [0.05, 0.1) is 5.52 Å². The van der Waals surface area contributed by atoms with E-state index in [1.807, 2.05) is 36.4 Å². The van der Waals surface area contributed by atoms with Crippen molar-refractivity contribution in [2.45, 2.75) is 12.8 Å². The molecule has 1 fully saturated rings. The molecule has 104 valence electrons. The quantitative estimate of drug-likeness (QED) is 0.778. The van der Waals surface area contributed by atoms with Crippen LogP contribution in [-0.4, -0.2) is 16.5 Å². The average molecular weight is 275 g/mol. The van der Waals surface area contributed by atoms with Crippen molar-refractivity contribution in [1.82, 2.24) is 9.97 Å². The molecule has 0 atom stereocenters. The van der Waals surface area contributed by atoms with E-state index in [1.165, 1.54) is 12.8 Å². The fraction of sp³-hybridized carbons (Fsp3) is 0.222. The van der Waals surface area contributed by atoms with Crippen LogP contribution in [0, 0.1) is 5.92 Å². The molecule has 21 heavy (non-hydrogen) atoms. The molecule has 0 aliphatic heterocycles. The minimum Gasteiger partial charge on any atom is -0.369 e. The molecule has 3 heteroatoms. The zero-order chi connectivity index (χ0) is 14.1. The van der Waals surface area contributed by atoms with Crippen molar-refractivity contribution in [1.29, 1.82) is 0 Å². The van der Waals surface area contributed by atoms with Crippen molar-refractivity contribution in [3.63, 3.8) is 0 Å². The number of para-hydroxylation sites is 1. The lowest BCUT2D eigenvalue weighted by molar-refractivity contribution is 0.884. The number of nitrogens with one attached hydrogen (secondary N) is 1. The van der Waals surface area contributed by atoms with Crippen molar-refractivity contribution < 1.29 is 0 Å². The summed E-state index contributed by atoms with van der Waals surface area (Å²) in [6.45, 7) is 1.01. The van der Waals surface area contributed by atoms with E-state index in [0.717, 1.165) is 40.6 Å². The standard InChI is InChI=1S/C18H17N3/c1-2-6-14(7-3-1)17-20-16-9-5-4-8-15(16)18(21-17)19-12-13-10-11-13/h1-9,13H,10-12H2,(H,19,20,21). The number of benzene rings is 2. The van der Waals surface area contributed by atoms with Crippen molar-refractivity contribution in [3.8, 4) is 11.4 Å². The van der Waals surface area contributed by atoms with Crippen LogP contribution in [0.2, 0.25) is 0 Å². The second-order valence-corrected chi connectivity index (χ2v) is 5.60. The second-order valence-electron chi connectivity index (χ2n) is 5.60. The SMILES string of the molecule is c1ccc(-c2nc(NCC3CC3)c3ccccc3n2)cc1. The van der Waals surface area contributed by atoms with Crippen molar-refractivity contribution >= 4 is 16.7 Å². The third-order valence-corrected chi connectivity index (χ3v) is 3.89. The van der Waals surface area contributed by atoms with Gasteiger partial charge in [0.25, 0.3) is 0 Å². The van der Waals surface area contributed by atoms with Crippen LogP contribution in [0.25, 0.3) is 22.3 Å². The van der Waals surface area contributed by atoms with Crippen molar-refractivity contribution in [2.24, 2.45) is 5.92 Å². The van der Waals surface area contributed by atoms with E-state index >= 15 is 0 Å². The minimum absolute atomic E-state index is 0.785. The molecule has 1 saturated carbocycles. The van der Waals surface area contributed by atoms with Gasteiger partial charge in [0.1, 0.15) is 5.82 Å². The van der Waals surface area contributed by atoms with Crippen LogP contribution in [-0.2, 0) is 0 Å². The number of rotatable bonds is 4. The highest BCUT2D eigenvalue weighted by atomic mass is 15.0. The molecule has 0 bridgehead atoms. The molecule has 0 saturated heterocycles. The highest BCUT2D eigenvalue weighted by molar-refractivity contribution is 5.90. The van der Waals surface area contributed by atoms with Gasteiger partial charge in [-0.3, -0.25) is 0 Å². The van der Waals surface area contributed by atoms with Crippen LogP contribution >= 0.6 is 0 Å². The van der Waals surface area contributed by atoms with Gasteiger partial charge in [0.15, 0.2) is 5.82 Å². The summed E-state index contributed by atoms with van der Waals surface area (Å²) in [5.41, 5.74) is 2.04. The van der Waals surface area contributed by atoms with Gasteiger partial charge in [-0.2, -0.15) is 0 Å². The first-order chi connectivity index (χ1) is 10.4. The molecule has 0 radical (unpaired) electrons. The molecule has 3 aromatic rings. The fourth-order valence-corrected chi connectivity index (χ4v) is 2.49. The van der Waals surface area contributed by atoms with Crippen LogP contribution in [0.15, 0.2) is 54.6 Å². The molecule has 1 heterocycles. The monoisotopic (exact) mass is 275 g/mol. The molecular formula is C18H17N3. The number of hydrogen-bond donors (Lipinski definition) is 1. The Balaban J connectivity index is 1.80. The molecule has 1 aromatic heterocycles. The van der Waals surface area contributed by atoms with Gasteiger partial charge in [-0.05, 0) is 30.9 Å². The van der Waals surface area contributed by atoms with Crippen LogP contribution in [0.4, 0.5) is 5.82 Å². The first kappa shape index (κ1) is 12.3. The van der Waals surface area contributed by atoms with Gasteiger partial charge in [0, 0.05) is 17.5 Å². The molecule has 0 amide bonds. The van der Waals surface area contributed by atoms with E-state index < -0.39 is 0 Å². The van der Waals surface area contributed by atoms with Gasteiger partial charge in [-0.1, -0.05) is 42.5 Å². The Hall–Kier alpha value is -2.42. The second kappa shape index (κ2) is 5.17. The van der Waals surface area contributed by atoms with Gasteiger partial charge < -0.3 is 5.32 Å². The fourth-order valence-electron chi connectivity index (χ4n) is 2.49. The maximum atomic E-state index is 4.75. The maximum absolute atomic E-state index is 4.75. The molecule has 3 nitrogen and oxygen atoms in total. The highest BCUT2D eigenvalue weighted by Crippen LogP contribution is 2.30. The van der Waals surface area contributed by atoms with Crippen molar-refractivity contribution in [2.75, 3.05) is 11.9 Å². The number of anilines is 1. The lowest BCUT2D eigenvalue weighted by atomic mass is 10.2. The summed E-state index contributed by atoms with van der Waals surface area (Å²) in [5, 5.41) is 4.60. The Morgan fingerprint density at radius 2 is 1.67 bits per heavy atom. The summed E-state index contributed by atoms with van der Waals surface area (Å²) in [6, 6.07) is 18.3. The Kier molecular flexibility index (Phi) is 3.03. The average Bonchev–Trinajstić information content (AvgIpc) is 3.37. The van der Waals surface area contributed by atoms with E-state index in [9.17, 15) is 0 Å². The Labute approximate surface area is 124 Å². The first-order valence-corrected chi connectivity index (χ1v) is 7.46. The summed E-state index contributed by atoms with van der Waals surface area (Å²) in [6.07, 6.45) is 2.67. The third kappa shape index (κ3) is 2.59. The van der Waals surface area contributed by atoms with E-state index in [2.05, 4.69) is 23.5 Å². The van der Waals surface area contributed by atoms with Crippen LogP contribution < -0.4 is 5.32 Å². The summed E-state index contributed by atoms with van der Waals surface area (Å²) in [4.78, 5) is 9.45. The first-order valence-electron chi connectivity index (χ1n) is 7.46. The molecule has 1 aliphatic carbocycles. The van der Waals surface area contributed by atoms with E-state index in [0.29, 0.717) is 0 Å². The highest BCUT2D eigenvalue weighted by Gasteiger charge is 2.21. The zero-order valence-corrected chi connectivity index (χ0v) is 11.8. The van der Waals surface area contributed by atoms with Crippen LogP contribution in [0.3, 0.4) is 0 Å². The summed E-state index contributed by atoms with van der Waals surface area (Å²) < 4.78 is 0. The molecule has 4 rings (SSSR count). The molecule has 1 aliphatic rings. The van der Waals surface area contributed by atoms with E-state index in [1.54, 1.807) is 0 Å². The topological polar surface area (TPSA) is 37.8 Å². The number of hydrogen-bond acceptors (Lipinski definition) is 3. The summed E-state index contributed by atoms with van der Waals surface area (Å²) in [5.74, 6) is 2.55. The largest absolute Gasteiger partial charge is 0.369 e. The normalized spacial score (nSPS) is 14.3.